The lowest BCUT2D eigenvalue weighted by Crippen LogP contribution is -2.58. The number of carbonyl (C=O) groups excluding carboxylic acids is 2. The van der Waals surface area contributed by atoms with Crippen LogP contribution >= 0.6 is 0 Å². The summed E-state index contributed by atoms with van der Waals surface area (Å²) in [6, 6.07) is -0.315. The second-order valence-electron chi connectivity index (χ2n) is 3.37. The summed E-state index contributed by atoms with van der Waals surface area (Å²) in [7, 11) is 1.63. The minimum Gasteiger partial charge on any atom is -0.385 e. The predicted octanol–water partition coefficient (Wildman–Crippen LogP) is -1.77. The molecule has 1 atom stereocenters. The first-order chi connectivity index (χ1) is 7.24. The number of amides is 2. The average molecular weight is 215 g/mol. The molecule has 1 rings (SSSR count). The van der Waals surface area contributed by atoms with Gasteiger partial charge in [-0.05, 0) is 6.42 Å². The number of nitrogens with one attached hydrogen (secondary N) is 3. The standard InChI is InChI=1S/C9H17N3O3/c1-15-4-2-3-10-9(14)7-5-12-8(13)6-11-7/h7,11H,2-6H2,1H3,(H,10,14)(H,12,13). The average Bonchev–Trinajstić information content (AvgIpc) is 2.25. The van der Waals surface area contributed by atoms with Crippen molar-refractivity contribution in [2.75, 3.05) is 33.4 Å². The van der Waals surface area contributed by atoms with Gasteiger partial charge < -0.3 is 15.4 Å². The third kappa shape index (κ3) is 4.26. The third-order valence-corrected chi connectivity index (χ3v) is 2.15. The third-order valence-electron chi connectivity index (χ3n) is 2.15. The molecule has 86 valence electrons. The van der Waals surface area contributed by atoms with E-state index in [4.69, 9.17) is 4.74 Å². The second kappa shape index (κ2) is 6.36. The van der Waals surface area contributed by atoms with E-state index in [0.29, 0.717) is 19.7 Å². The van der Waals surface area contributed by atoms with E-state index in [1.807, 2.05) is 0 Å². The van der Waals surface area contributed by atoms with E-state index in [9.17, 15) is 9.59 Å². The highest BCUT2D eigenvalue weighted by Gasteiger charge is 2.22. The van der Waals surface area contributed by atoms with Gasteiger partial charge in [0, 0.05) is 26.8 Å². The highest BCUT2D eigenvalue weighted by molar-refractivity contribution is 5.86. The van der Waals surface area contributed by atoms with Gasteiger partial charge in [-0.1, -0.05) is 0 Å². The van der Waals surface area contributed by atoms with E-state index in [2.05, 4.69) is 16.0 Å². The fourth-order valence-corrected chi connectivity index (χ4v) is 1.30. The number of ether oxygens (including phenoxy) is 1. The van der Waals surface area contributed by atoms with Crippen LogP contribution in [0.25, 0.3) is 0 Å². The van der Waals surface area contributed by atoms with E-state index in [-0.39, 0.29) is 24.4 Å². The van der Waals surface area contributed by atoms with Crippen molar-refractivity contribution in [1.29, 1.82) is 0 Å². The van der Waals surface area contributed by atoms with Crippen molar-refractivity contribution in [1.82, 2.24) is 16.0 Å². The summed E-state index contributed by atoms with van der Waals surface area (Å²) in [5.41, 5.74) is 0. The van der Waals surface area contributed by atoms with Gasteiger partial charge in [-0.3, -0.25) is 14.9 Å². The van der Waals surface area contributed by atoms with Crippen LogP contribution in [0.1, 0.15) is 6.42 Å². The van der Waals surface area contributed by atoms with Crippen LogP contribution in [0.2, 0.25) is 0 Å². The molecule has 15 heavy (non-hydrogen) atoms. The number of hydrogen-bond acceptors (Lipinski definition) is 4. The molecule has 0 aromatic carbocycles. The number of rotatable bonds is 5. The monoisotopic (exact) mass is 215 g/mol. The molecular formula is C9H17N3O3. The quantitative estimate of drug-likeness (QED) is 0.474. The van der Waals surface area contributed by atoms with E-state index < -0.39 is 0 Å². The Kier molecular flexibility index (Phi) is 5.06. The molecule has 0 aliphatic carbocycles. The number of methoxy groups -OCH3 is 1. The molecule has 1 aliphatic heterocycles. The molecule has 0 aromatic heterocycles. The van der Waals surface area contributed by atoms with Crippen LogP contribution in [0.5, 0.6) is 0 Å². The minimum absolute atomic E-state index is 0.0709. The molecule has 0 spiro atoms. The second-order valence-corrected chi connectivity index (χ2v) is 3.37. The van der Waals surface area contributed by atoms with Crippen LogP contribution in [0, 0.1) is 0 Å². The largest absolute Gasteiger partial charge is 0.385 e. The maximum atomic E-state index is 11.5. The molecule has 6 heteroatoms. The van der Waals surface area contributed by atoms with Crippen LogP contribution in [0.3, 0.4) is 0 Å². The zero-order valence-electron chi connectivity index (χ0n) is 8.84. The first-order valence-electron chi connectivity index (χ1n) is 5.00. The van der Waals surface area contributed by atoms with Crippen LogP contribution in [0.15, 0.2) is 0 Å². The van der Waals surface area contributed by atoms with Crippen LogP contribution in [-0.2, 0) is 14.3 Å². The Labute approximate surface area is 88.7 Å². The predicted molar refractivity (Wildman–Crippen MR) is 54.3 cm³/mol. The van der Waals surface area contributed by atoms with Crippen molar-refractivity contribution < 1.29 is 14.3 Å². The Bertz CT molecular complexity index is 223. The van der Waals surface area contributed by atoms with Gasteiger partial charge in [0.05, 0.1) is 6.54 Å². The molecule has 0 aromatic rings. The Hall–Kier alpha value is -1.14. The Morgan fingerprint density at radius 1 is 1.67 bits per heavy atom. The van der Waals surface area contributed by atoms with Gasteiger partial charge in [0.1, 0.15) is 6.04 Å². The summed E-state index contributed by atoms with van der Waals surface area (Å²) in [5.74, 6) is -0.149. The molecule has 1 heterocycles. The van der Waals surface area contributed by atoms with Gasteiger partial charge >= 0.3 is 0 Å². The first kappa shape index (κ1) is 11.9. The summed E-state index contributed by atoms with van der Waals surface area (Å²) in [5, 5.41) is 8.25. The molecular weight excluding hydrogens is 198 g/mol. The summed E-state index contributed by atoms with van der Waals surface area (Å²) in [6.07, 6.45) is 0.793. The van der Waals surface area contributed by atoms with Crippen molar-refractivity contribution in [3.8, 4) is 0 Å². The highest BCUT2D eigenvalue weighted by Crippen LogP contribution is 1.88. The summed E-state index contributed by atoms with van der Waals surface area (Å²) < 4.78 is 4.86. The van der Waals surface area contributed by atoms with Crippen molar-refractivity contribution in [2.24, 2.45) is 0 Å². The molecule has 1 unspecified atom stereocenters. The van der Waals surface area contributed by atoms with Gasteiger partial charge in [0.15, 0.2) is 0 Å². The smallest absolute Gasteiger partial charge is 0.238 e. The zero-order chi connectivity index (χ0) is 11.1. The molecule has 0 bridgehead atoms. The van der Waals surface area contributed by atoms with E-state index in [1.54, 1.807) is 7.11 Å². The van der Waals surface area contributed by atoms with Crippen LogP contribution in [0.4, 0.5) is 0 Å². The normalized spacial score (nSPS) is 20.9. The topological polar surface area (TPSA) is 79.5 Å². The van der Waals surface area contributed by atoms with Gasteiger partial charge in [0.2, 0.25) is 11.8 Å². The maximum Gasteiger partial charge on any atom is 0.238 e. The Balaban J connectivity index is 2.14. The number of carbonyl (C=O) groups is 2. The summed E-state index contributed by atoms with van der Waals surface area (Å²) in [4.78, 5) is 22.3. The van der Waals surface area contributed by atoms with Crippen molar-refractivity contribution in [2.45, 2.75) is 12.5 Å². The maximum absolute atomic E-state index is 11.5. The molecule has 1 saturated heterocycles. The molecule has 1 fully saturated rings. The molecule has 3 N–H and O–H groups in total. The molecule has 0 saturated carbocycles. The molecule has 1 aliphatic rings. The fraction of sp³-hybridized carbons (Fsp3) is 0.778. The van der Waals surface area contributed by atoms with Gasteiger partial charge in [-0.15, -0.1) is 0 Å². The summed E-state index contributed by atoms with van der Waals surface area (Å²) >= 11 is 0. The van der Waals surface area contributed by atoms with Crippen LogP contribution < -0.4 is 16.0 Å². The van der Waals surface area contributed by atoms with Crippen molar-refractivity contribution >= 4 is 11.8 Å². The lowest BCUT2D eigenvalue weighted by Gasteiger charge is -2.23. The molecule has 2 amide bonds. The zero-order valence-corrected chi connectivity index (χ0v) is 8.84. The van der Waals surface area contributed by atoms with Gasteiger partial charge in [0.25, 0.3) is 0 Å². The first-order valence-corrected chi connectivity index (χ1v) is 5.00. The van der Waals surface area contributed by atoms with Crippen LogP contribution in [-0.4, -0.2) is 51.2 Å². The molecule has 0 radical (unpaired) electrons. The van der Waals surface area contributed by atoms with Crippen molar-refractivity contribution in [3.05, 3.63) is 0 Å². The van der Waals surface area contributed by atoms with Gasteiger partial charge in [-0.2, -0.15) is 0 Å². The van der Waals surface area contributed by atoms with E-state index >= 15 is 0 Å². The lowest BCUT2D eigenvalue weighted by molar-refractivity contribution is -0.126. The highest BCUT2D eigenvalue weighted by atomic mass is 16.5. The lowest BCUT2D eigenvalue weighted by atomic mass is 10.2. The SMILES string of the molecule is COCCCNC(=O)C1CNC(=O)CN1. The Morgan fingerprint density at radius 3 is 3.07 bits per heavy atom. The Morgan fingerprint density at radius 2 is 2.47 bits per heavy atom. The molecule has 6 nitrogen and oxygen atoms in total. The minimum atomic E-state index is -0.315. The van der Waals surface area contributed by atoms with E-state index in [0.717, 1.165) is 6.42 Å². The van der Waals surface area contributed by atoms with Crippen molar-refractivity contribution in [3.63, 3.8) is 0 Å². The van der Waals surface area contributed by atoms with Gasteiger partial charge in [-0.25, -0.2) is 0 Å². The summed E-state index contributed by atoms with van der Waals surface area (Å²) in [6.45, 7) is 1.79. The fourth-order valence-electron chi connectivity index (χ4n) is 1.30. The number of hydrogen-bond donors (Lipinski definition) is 3. The van der Waals surface area contributed by atoms with E-state index in [1.165, 1.54) is 0 Å². The number of piperazine rings is 1.